The minimum absolute atomic E-state index is 0.594. The Labute approximate surface area is 174 Å². The molecule has 0 spiro atoms. The maximum absolute atomic E-state index is 6.07. The molecule has 1 aromatic heterocycles. The van der Waals surface area contributed by atoms with Crippen LogP contribution in [-0.4, -0.2) is 4.98 Å². The molecule has 0 amide bonds. The van der Waals surface area contributed by atoms with Crippen LogP contribution in [0.1, 0.15) is 17.0 Å². The van der Waals surface area contributed by atoms with Crippen LogP contribution < -0.4 is 4.74 Å². The second kappa shape index (κ2) is 8.10. The van der Waals surface area contributed by atoms with Crippen molar-refractivity contribution in [3.8, 4) is 11.5 Å². The van der Waals surface area contributed by atoms with E-state index in [1.165, 1.54) is 0 Å². The first-order chi connectivity index (χ1) is 14.8. The highest BCUT2D eigenvalue weighted by Gasteiger charge is 2.13. The summed E-state index contributed by atoms with van der Waals surface area (Å²) >= 11 is 0. The molecule has 0 saturated heterocycles. The number of hydrogen-bond donors (Lipinski definition) is 0. The van der Waals surface area contributed by atoms with Crippen molar-refractivity contribution >= 4 is 22.7 Å². The van der Waals surface area contributed by atoms with Gasteiger partial charge >= 0.3 is 0 Å². The molecule has 0 bridgehead atoms. The van der Waals surface area contributed by atoms with Gasteiger partial charge in [-0.05, 0) is 53.6 Å². The van der Waals surface area contributed by atoms with Crippen LogP contribution in [0.25, 0.3) is 22.7 Å². The molecule has 0 radical (unpaired) electrons. The van der Waals surface area contributed by atoms with Gasteiger partial charge in [0.05, 0.1) is 0 Å². The molecule has 3 heteroatoms. The molecule has 0 fully saturated rings. The van der Waals surface area contributed by atoms with E-state index >= 15 is 0 Å². The largest absolute Gasteiger partial charge is 0.457 e. The van der Waals surface area contributed by atoms with Gasteiger partial charge in [-0.1, -0.05) is 72.8 Å². The summed E-state index contributed by atoms with van der Waals surface area (Å²) in [6, 6.07) is 35.7. The van der Waals surface area contributed by atoms with Gasteiger partial charge in [0.15, 0.2) is 5.58 Å². The van der Waals surface area contributed by atoms with Gasteiger partial charge in [-0.15, -0.1) is 0 Å². The number of benzene rings is 4. The number of ether oxygens (including phenoxy) is 1. The van der Waals surface area contributed by atoms with Crippen molar-refractivity contribution in [1.29, 1.82) is 0 Å². The molecule has 0 N–H and O–H groups in total. The van der Waals surface area contributed by atoms with E-state index < -0.39 is 0 Å². The number of hydrogen-bond acceptors (Lipinski definition) is 3. The highest BCUT2D eigenvalue weighted by Crippen LogP contribution is 2.30. The van der Waals surface area contributed by atoms with Crippen LogP contribution in [-0.2, 0) is 0 Å². The first-order valence-electron chi connectivity index (χ1n) is 9.81. The van der Waals surface area contributed by atoms with E-state index in [0.717, 1.165) is 39.3 Å². The molecule has 0 unspecified atom stereocenters. The second-order valence-electron chi connectivity index (χ2n) is 6.90. The number of fused-ring (bicyclic) bond motifs is 1. The molecule has 5 aromatic rings. The first-order valence-corrected chi connectivity index (χ1v) is 9.81. The minimum Gasteiger partial charge on any atom is -0.457 e. The lowest BCUT2D eigenvalue weighted by Crippen LogP contribution is -1.89. The molecular formula is C27H19NO2. The zero-order chi connectivity index (χ0) is 20.2. The Balaban J connectivity index is 1.57. The van der Waals surface area contributed by atoms with Gasteiger partial charge in [0.1, 0.15) is 17.0 Å². The fourth-order valence-corrected chi connectivity index (χ4v) is 3.33. The molecule has 4 aromatic carbocycles. The van der Waals surface area contributed by atoms with Crippen LogP contribution >= 0.6 is 0 Å². The Morgan fingerprint density at radius 1 is 0.700 bits per heavy atom. The summed E-state index contributed by atoms with van der Waals surface area (Å²) in [5.41, 5.74) is 4.58. The molecule has 1 heterocycles. The molecule has 0 atom stereocenters. The van der Waals surface area contributed by atoms with Gasteiger partial charge in [0.25, 0.3) is 0 Å². The molecule has 30 heavy (non-hydrogen) atoms. The van der Waals surface area contributed by atoms with Gasteiger partial charge in [-0.3, -0.25) is 0 Å². The molecule has 0 saturated carbocycles. The smallest absolute Gasteiger partial charge is 0.227 e. The van der Waals surface area contributed by atoms with E-state index in [1.54, 1.807) is 0 Å². The lowest BCUT2D eigenvalue weighted by molar-refractivity contribution is 0.482. The van der Waals surface area contributed by atoms with Crippen molar-refractivity contribution in [3.63, 3.8) is 0 Å². The van der Waals surface area contributed by atoms with Crippen molar-refractivity contribution in [1.82, 2.24) is 4.98 Å². The highest BCUT2D eigenvalue weighted by atomic mass is 16.5. The fourth-order valence-electron chi connectivity index (χ4n) is 3.33. The number of nitrogens with zero attached hydrogens (tertiary/aromatic N) is 1. The molecule has 0 aliphatic carbocycles. The van der Waals surface area contributed by atoms with Crippen molar-refractivity contribution in [3.05, 3.63) is 126 Å². The van der Waals surface area contributed by atoms with E-state index in [-0.39, 0.29) is 0 Å². The summed E-state index contributed by atoms with van der Waals surface area (Å²) in [5.74, 6) is 2.18. The lowest BCUT2D eigenvalue weighted by atomic mass is 10.0. The first kappa shape index (κ1) is 18.0. The quantitative estimate of drug-likeness (QED) is 0.298. The van der Waals surface area contributed by atoms with Crippen LogP contribution in [0.2, 0.25) is 0 Å². The Morgan fingerprint density at radius 3 is 2.20 bits per heavy atom. The monoisotopic (exact) mass is 389 g/mol. The zero-order valence-corrected chi connectivity index (χ0v) is 16.2. The Kier molecular flexibility index (Phi) is 4.84. The van der Waals surface area contributed by atoms with Gasteiger partial charge in [0, 0.05) is 5.57 Å². The molecule has 144 valence electrons. The second-order valence-corrected chi connectivity index (χ2v) is 6.90. The summed E-state index contributed by atoms with van der Waals surface area (Å²) in [7, 11) is 0. The maximum Gasteiger partial charge on any atom is 0.227 e. The van der Waals surface area contributed by atoms with E-state index in [2.05, 4.69) is 18.2 Å². The zero-order valence-electron chi connectivity index (χ0n) is 16.2. The van der Waals surface area contributed by atoms with Gasteiger partial charge in [0.2, 0.25) is 5.89 Å². The summed E-state index contributed by atoms with van der Waals surface area (Å²) < 4.78 is 12.1. The lowest BCUT2D eigenvalue weighted by Gasteiger charge is -2.08. The van der Waals surface area contributed by atoms with E-state index in [1.807, 2.05) is 97.1 Å². The minimum atomic E-state index is 0.594. The van der Waals surface area contributed by atoms with E-state index in [0.29, 0.717) is 5.89 Å². The van der Waals surface area contributed by atoms with Gasteiger partial charge in [-0.25, -0.2) is 4.98 Å². The predicted octanol–water partition coefficient (Wildman–Crippen LogP) is 7.21. The third kappa shape index (κ3) is 3.87. The van der Waals surface area contributed by atoms with Crippen molar-refractivity contribution in [2.45, 2.75) is 0 Å². The van der Waals surface area contributed by atoms with Crippen molar-refractivity contribution in [2.24, 2.45) is 0 Å². The van der Waals surface area contributed by atoms with Crippen molar-refractivity contribution < 1.29 is 9.15 Å². The van der Waals surface area contributed by atoms with Gasteiger partial charge < -0.3 is 9.15 Å². The highest BCUT2D eigenvalue weighted by molar-refractivity contribution is 5.90. The standard InChI is InChI=1S/C27H19NO2/c1-3-11-21(12-4-1)24(27-28-25-16-7-8-17-26(25)30-27)19-20-10-9-15-23(18-20)29-22-13-5-2-6-14-22/h1-19H. The third-order valence-electron chi connectivity index (χ3n) is 4.76. The third-order valence-corrected chi connectivity index (χ3v) is 4.76. The normalized spacial score (nSPS) is 11.5. The van der Waals surface area contributed by atoms with E-state index in [4.69, 9.17) is 14.1 Å². The van der Waals surface area contributed by atoms with Crippen LogP contribution in [0.3, 0.4) is 0 Å². The molecule has 5 rings (SSSR count). The molecule has 3 nitrogen and oxygen atoms in total. The number of oxazole rings is 1. The molecular weight excluding hydrogens is 370 g/mol. The Morgan fingerprint density at radius 2 is 1.40 bits per heavy atom. The van der Waals surface area contributed by atoms with Crippen molar-refractivity contribution in [2.75, 3.05) is 0 Å². The summed E-state index contributed by atoms with van der Waals surface area (Å²) in [4.78, 5) is 4.71. The maximum atomic E-state index is 6.07. The fraction of sp³-hybridized carbons (Fsp3) is 0. The predicted molar refractivity (Wildman–Crippen MR) is 120 cm³/mol. The summed E-state index contributed by atoms with van der Waals surface area (Å²) in [6.07, 6.45) is 2.08. The number of aromatic nitrogens is 1. The SMILES string of the molecule is C(=C(c1ccccc1)c1nc2ccccc2o1)c1cccc(Oc2ccccc2)c1. The number of rotatable bonds is 5. The van der Waals surface area contributed by atoms with Crippen LogP contribution in [0.4, 0.5) is 0 Å². The van der Waals surface area contributed by atoms with Crippen LogP contribution in [0.15, 0.2) is 114 Å². The Hall–Kier alpha value is -4.11. The van der Waals surface area contributed by atoms with E-state index in [9.17, 15) is 0 Å². The summed E-state index contributed by atoms with van der Waals surface area (Å²) in [5, 5.41) is 0. The van der Waals surface area contributed by atoms with Gasteiger partial charge in [-0.2, -0.15) is 0 Å². The van der Waals surface area contributed by atoms with Crippen LogP contribution in [0.5, 0.6) is 11.5 Å². The van der Waals surface area contributed by atoms with Crippen LogP contribution in [0, 0.1) is 0 Å². The average Bonchev–Trinajstić information content (AvgIpc) is 3.23. The molecule has 0 aliphatic heterocycles. The topological polar surface area (TPSA) is 35.3 Å². The number of para-hydroxylation sites is 3. The average molecular weight is 389 g/mol. The Bertz CT molecular complexity index is 1270. The summed E-state index contributed by atoms with van der Waals surface area (Å²) in [6.45, 7) is 0. The molecule has 0 aliphatic rings.